The van der Waals surface area contributed by atoms with E-state index < -0.39 is 6.04 Å². The summed E-state index contributed by atoms with van der Waals surface area (Å²) in [6.45, 7) is 7.80. The zero-order valence-electron chi connectivity index (χ0n) is 21.6. The molecule has 7 nitrogen and oxygen atoms in total. The van der Waals surface area contributed by atoms with Crippen LogP contribution in [0.3, 0.4) is 0 Å². The van der Waals surface area contributed by atoms with Crippen molar-refractivity contribution in [2.75, 3.05) is 16.0 Å². The molecule has 1 aromatic heterocycles. The molecule has 0 saturated carbocycles. The molecule has 1 aliphatic rings. The van der Waals surface area contributed by atoms with Gasteiger partial charge in [0.1, 0.15) is 17.4 Å². The van der Waals surface area contributed by atoms with E-state index in [9.17, 15) is 9.59 Å². The molecule has 1 atom stereocenters. The number of fused-ring (bicyclic) bond motifs is 1. The van der Waals surface area contributed by atoms with Crippen molar-refractivity contribution in [3.05, 3.63) is 117 Å². The number of amides is 2. The monoisotopic (exact) mass is 525 g/mol. The van der Waals surface area contributed by atoms with Crippen molar-refractivity contribution < 1.29 is 9.59 Å². The van der Waals surface area contributed by atoms with Gasteiger partial charge in [0.15, 0.2) is 0 Å². The molecule has 38 heavy (non-hydrogen) atoms. The number of nitrogens with zero attached hydrogens (tertiary/aromatic N) is 2. The second kappa shape index (κ2) is 10.2. The first-order valence-electron chi connectivity index (χ1n) is 12.3. The summed E-state index contributed by atoms with van der Waals surface area (Å²) < 4.78 is 1.68. The van der Waals surface area contributed by atoms with Gasteiger partial charge in [0.2, 0.25) is 0 Å². The minimum atomic E-state index is -0.574. The minimum absolute atomic E-state index is 0.256. The molecule has 5 rings (SSSR count). The van der Waals surface area contributed by atoms with E-state index in [1.54, 1.807) is 16.8 Å². The maximum atomic E-state index is 13.7. The molecule has 0 unspecified atom stereocenters. The van der Waals surface area contributed by atoms with Crippen LogP contribution in [0.2, 0.25) is 5.02 Å². The molecule has 0 spiro atoms. The van der Waals surface area contributed by atoms with Crippen LogP contribution >= 0.6 is 11.6 Å². The zero-order chi connectivity index (χ0) is 27.0. The lowest BCUT2D eigenvalue weighted by atomic mass is 9.94. The lowest BCUT2D eigenvalue weighted by Crippen LogP contribution is -2.32. The smallest absolute Gasteiger partial charge is 0.261 e. The number of anilines is 3. The summed E-state index contributed by atoms with van der Waals surface area (Å²) in [5, 5.41) is 14.4. The fourth-order valence-electron chi connectivity index (χ4n) is 4.65. The molecular formula is C30H28ClN5O2. The van der Waals surface area contributed by atoms with E-state index in [2.05, 4.69) is 21.0 Å². The van der Waals surface area contributed by atoms with E-state index in [1.165, 1.54) is 6.20 Å². The molecule has 2 amide bonds. The Labute approximate surface area is 226 Å². The SMILES string of the molecule is CC1=C(C(=O)Nc2ccc(C)cc2C)[C@H](c2ccc(Cl)cc2)n2ncc(C(=O)Nc3ccc(C)cc3)c2N1. The first kappa shape index (κ1) is 25.3. The van der Waals surface area contributed by atoms with Crippen molar-refractivity contribution in [3.8, 4) is 0 Å². The van der Waals surface area contributed by atoms with Crippen LogP contribution < -0.4 is 16.0 Å². The third-order valence-corrected chi connectivity index (χ3v) is 6.89. The topological polar surface area (TPSA) is 88.0 Å². The number of aromatic nitrogens is 2. The molecule has 8 heteroatoms. The second-order valence-electron chi connectivity index (χ2n) is 9.56. The van der Waals surface area contributed by atoms with Crippen molar-refractivity contribution in [2.45, 2.75) is 33.7 Å². The van der Waals surface area contributed by atoms with E-state index in [1.807, 2.05) is 82.3 Å². The van der Waals surface area contributed by atoms with E-state index in [4.69, 9.17) is 11.6 Å². The Morgan fingerprint density at radius 3 is 2.24 bits per heavy atom. The average molecular weight is 526 g/mol. The van der Waals surface area contributed by atoms with Crippen LogP contribution in [0.1, 0.15) is 45.6 Å². The maximum absolute atomic E-state index is 13.7. The third-order valence-electron chi connectivity index (χ3n) is 6.64. The van der Waals surface area contributed by atoms with Gasteiger partial charge in [-0.2, -0.15) is 5.10 Å². The number of hydrogen-bond donors (Lipinski definition) is 3. The molecule has 0 bridgehead atoms. The fourth-order valence-corrected chi connectivity index (χ4v) is 4.77. The molecule has 192 valence electrons. The summed E-state index contributed by atoms with van der Waals surface area (Å²) in [5.41, 5.74) is 6.93. The predicted molar refractivity (Wildman–Crippen MR) is 152 cm³/mol. The summed E-state index contributed by atoms with van der Waals surface area (Å²) in [7, 11) is 0. The fraction of sp³-hybridized carbons (Fsp3) is 0.167. The minimum Gasteiger partial charge on any atom is -0.343 e. The van der Waals surface area contributed by atoms with Crippen molar-refractivity contribution in [3.63, 3.8) is 0 Å². The van der Waals surface area contributed by atoms with Gasteiger partial charge in [-0.15, -0.1) is 0 Å². The number of nitrogens with one attached hydrogen (secondary N) is 3. The zero-order valence-corrected chi connectivity index (χ0v) is 22.4. The summed E-state index contributed by atoms with van der Waals surface area (Å²) in [6, 6.07) is 20.2. The highest BCUT2D eigenvalue weighted by Gasteiger charge is 2.35. The van der Waals surface area contributed by atoms with Crippen molar-refractivity contribution in [1.29, 1.82) is 0 Å². The van der Waals surface area contributed by atoms with E-state index >= 15 is 0 Å². The van der Waals surface area contributed by atoms with Crippen LogP contribution in [0.4, 0.5) is 17.2 Å². The van der Waals surface area contributed by atoms with Crippen LogP contribution in [-0.4, -0.2) is 21.6 Å². The van der Waals surface area contributed by atoms with Crippen molar-refractivity contribution >= 4 is 40.6 Å². The van der Waals surface area contributed by atoms with Crippen LogP contribution in [0, 0.1) is 20.8 Å². The Hall–Kier alpha value is -4.36. The number of allylic oxidation sites excluding steroid dienone is 1. The summed E-state index contributed by atoms with van der Waals surface area (Å²) >= 11 is 6.17. The van der Waals surface area contributed by atoms with Crippen LogP contribution in [-0.2, 0) is 4.79 Å². The van der Waals surface area contributed by atoms with Gasteiger partial charge in [0, 0.05) is 22.1 Å². The van der Waals surface area contributed by atoms with Gasteiger partial charge in [-0.1, -0.05) is 59.1 Å². The number of carbonyl (C=O) groups is 2. The van der Waals surface area contributed by atoms with Crippen LogP contribution in [0.5, 0.6) is 0 Å². The highest BCUT2D eigenvalue weighted by Crippen LogP contribution is 2.38. The molecule has 0 fully saturated rings. The Morgan fingerprint density at radius 1 is 0.868 bits per heavy atom. The van der Waals surface area contributed by atoms with Gasteiger partial charge in [0.25, 0.3) is 11.8 Å². The molecule has 0 aliphatic carbocycles. The Morgan fingerprint density at radius 2 is 1.55 bits per heavy atom. The van der Waals surface area contributed by atoms with Gasteiger partial charge >= 0.3 is 0 Å². The lowest BCUT2D eigenvalue weighted by Gasteiger charge is -2.30. The third kappa shape index (κ3) is 4.93. The number of benzene rings is 3. The number of halogens is 1. The number of hydrogen-bond acceptors (Lipinski definition) is 4. The van der Waals surface area contributed by atoms with E-state index in [0.717, 1.165) is 27.9 Å². The van der Waals surface area contributed by atoms with E-state index in [-0.39, 0.29) is 11.8 Å². The quantitative estimate of drug-likeness (QED) is 0.272. The van der Waals surface area contributed by atoms with Crippen LogP contribution in [0.15, 0.2) is 84.2 Å². The Bertz CT molecular complexity index is 1570. The molecule has 0 saturated heterocycles. The standard InChI is InChI=1S/C30H28ClN5O2/c1-17-5-12-23(13-6-17)34-29(37)24-16-32-36-27(21-8-10-22(31)11-9-21)26(20(4)33-28(24)36)30(38)35-25-14-7-18(2)15-19(25)3/h5-16,27,33H,1-4H3,(H,34,37)(H,35,38)/t27-/m0/s1. The molecular weight excluding hydrogens is 498 g/mol. The van der Waals surface area contributed by atoms with Gasteiger partial charge in [-0.3, -0.25) is 9.59 Å². The molecule has 3 N–H and O–H groups in total. The second-order valence-corrected chi connectivity index (χ2v) is 10.00. The molecule has 1 aliphatic heterocycles. The lowest BCUT2D eigenvalue weighted by molar-refractivity contribution is -0.113. The van der Waals surface area contributed by atoms with Crippen LogP contribution in [0.25, 0.3) is 0 Å². The molecule has 4 aromatic rings. The number of aryl methyl sites for hydroxylation is 3. The normalized spacial score (nSPS) is 14.5. The van der Waals surface area contributed by atoms with Gasteiger partial charge in [-0.25, -0.2) is 4.68 Å². The predicted octanol–water partition coefficient (Wildman–Crippen LogP) is 6.64. The number of carbonyl (C=O) groups excluding carboxylic acids is 2. The van der Waals surface area contributed by atoms with Gasteiger partial charge in [0.05, 0.1) is 11.8 Å². The maximum Gasteiger partial charge on any atom is 0.261 e. The Balaban J connectivity index is 1.53. The highest BCUT2D eigenvalue weighted by atomic mass is 35.5. The summed E-state index contributed by atoms with van der Waals surface area (Å²) in [6.07, 6.45) is 1.52. The first-order valence-corrected chi connectivity index (χ1v) is 12.7. The molecule has 2 heterocycles. The van der Waals surface area contributed by atoms with Crippen molar-refractivity contribution in [2.24, 2.45) is 0 Å². The largest absolute Gasteiger partial charge is 0.343 e. The van der Waals surface area contributed by atoms with E-state index in [0.29, 0.717) is 33.4 Å². The number of rotatable bonds is 5. The summed E-state index contributed by atoms with van der Waals surface area (Å²) in [4.78, 5) is 27.0. The van der Waals surface area contributed by atoms with Gasteiger partial charge < -0.3 is 16.0 Å². The Kier molecular flexibility index (Phi) is 6.78. The van der Waals surface area contributed by atoms with Crippen molar-refractivity contribution in [1.82, 2.24) is 9.78 Å². The average Bonchev–Trinajstić information content (AvgIpc) is 3.30. The highest BCUT2D eigenvalue weighted by molar-refractivity contribution is 6.30. The molecule has 3 aromatic carbocycles. The van der Waals surface area contributed by atoms with Gasteiger partial charge in [-0.05, 0) is 69.2 Å². The molecule has 0 radical (unpaired) electrons. The summed E-state index contributed by atoms with van der Waals surface area (Å²) in [5.74, 6) is -0.0442. The first-order chi connectivity index (χ1) is 18.2.